The van der Waals surface area contributed by atoms with E-state index in [9.17, 15) is 0 Å². The largest absolute Gasteiger partial charge is 0.456 e. The van der Waals surface area contributed by atoms with Crippen LogP contribution in [-0.2, 0) is 6.54 Å². The number of hydrogen-bond acceptors (Lipinski definition) is 2. The van der Waals surface area contributed by atoms with E-state index in [2.05, 4.69) is 198 Å². The third kappa shape index (κ3) is 6.23. The second kappa shape index (κ2) is 15.4. The molecule has 0 N–H and O–H groups in total. The molecule has 302 valence electrons. The maximum absolute atomic E-state index is 6.41. The third-order valence-electron chi connectivity index (χ3n) is 12.3. The molecular formula is C58H39N5O. The van der Waals surface area contributed by atoms with E-state index in [0.29, 0.717) is 18.3 Å². The van der Waals surface area contributed by atoms with Crippen LogP contribution < -0.4 is 0 Å². The number of aliphatic imine (C=N–C) groups is 3. The molecule has 0 spiro atoms. The van der Waals surface area contributed by atoms with Gasteiger partial charge in [-0.25, -0.2) is 4.99 Å². The van der Waals surface area contributed by atoms with Crippen LogP contribution in [0.4, 0.5) is 0 Å². The maximum atomic E-state index is 6.41. The van der Waals surface area contributed by atoms with E-state index < -0.39 is 0 Å². The first-order chi connectivity index (χ1) is 31.7. The molecule has 0 aliphatic rings. The minimum atomic E-state index is 0.394. The Bertz CT molecular complexity index is 3830. The Morgan fingerprint density at radius 3 is 1.78 bits per heavy atom. The molecule has 64 heavy (non-hydrogen) atoms. The molecule has 12 aromatic rings. The number of para-hydroxylation sites is 3. The van der Waals surface area contributed by atoms with Gasteiger partial charge in [0.05, 0.1) is 28.6 Å². The van der Waals surface area contributed by atoms with Crippen LogP contribution >= 0.6 is 0 Å². The summed E-state index contributed by atoms with van der Waals surface area (Å²) in [5, 5.41) is 6.56. The number of furan rings is 1. The number of amidine groups is 1. The molecule has 0 aliphatic carbocycles. The summed E-state index contributed by atoms with van der Waals surface area (Å²) in [6, 6.07) is 74.2. The van der Waals surface area contributed by atoms with Crippen molar-refractivity contribution >= 4 is 84.1 Å². The van der Waals surface area contributed by atoms with Gasteiger partial charge in [0.1, 0.15) is 11.2 Å². The van der Waals surface area contributed by atoms with Crippen molar-refractivity contribution in [1.82, 2.24) is 9.13 Å². The average molecular weight is 822 g/mol. The van der Waals surface area contributed by atoms with Crippen molar-refractivity contribution in [2.45, 2.75) is 6.54 Å². The minimum Gasteiger partial charge on any atom is -0.456 e. The maximum Gasteiger partial charge on any atom is 0.236 e. The second-order valence-electron chi connectivity index (χ2n) is 16.1. The van der Waals surface area contributed by atoms with Crippen LogP contribution in [0.2, 0.25) is 0 Å². The first-order valence-electron chi connectivity index (χ1n) is 21.5. The van der Waals surface area contributed by atoms with Gasteiger partial charge in [-0.2, -0.15) is 4.99 Å². The van der Waals surface area contributed by atoms with E-state index in [-0.39, 0.29) is 0 Å². The number of benzene rings is 9. The quantitative estimate of drug-likeness (QED) is 0.122. The topological polar surface area (TPSA) is 60.1 Å². The van der Waals surface area contributed by atoms with E-state index in [4.69, 9.17) is 19.4 Å². The Morgan fingerprint density at radius 1 is 0.453 bits per heavy atom. The summed E-state index contributed by atoms with van der Waals surface area (Å²) in [5.74, 6) is 0.930. The SMILES string of the molecule is C=N/C(=N\C(=N/Cc1cccc(-c2ccccc2)c1)c1ccc2c(c1)oc1ccccc12)n1c2ccccc2c2ccc3c4ccccc4n(-c4cccc(-c5ccccc5)c4)c3c21. The molecular weight excluding hydrogens is 783 g/mol. The first kappa shape index (κ1) is 37.2. The predicted molar refractivity (Wildman–Crippen MR) is 267 cm³/mol. The lowest BCUT2D eigenvalue weighted by atomic mass is 10.0. The fourth-order valence-corrected chi connectivity index (χ4v) is 9.38. The summed E-state index contributed by atoms with van der Waals surface area (Å²) in [4.78, 5) is 15.5. The molecule has 0 amide bonds. The Kier molecular flexibility index (Phi) is 8.94. The van der Waals surface area contributed by atoms with Gasteiger partial charge in [-0.05, 0) is 83.1 Å². The fraction of sp³-hybridized carbons (Fsp3) is 0.0172. The number of nitrogens with zero attached hydrogens (tertiary/aromatic N) is 5. The lowest BCUT2D eigenvalue weighted by Crippen LogP contribution is -2.13. The summed E-state index contributed by atoms with van der Waals surface area (Å²) in [5.41, 5.74) is 13.2. The van der Waals surface area contributed by atoms with Crippen LogP contribution in [0.5, 0.6) is 0 Å². The van der Waals surface area contributed by atoms with Gasteiger partial charge in [-0.3, -0.25) is 9.56 Å². The number of aromatic nitrogens is 2. The van der Waals surface area contributed by atoms with Crippen molar-refractivity contribution < 1.29 is 4.42 Å². The van der Waals surface area contributed by atoms with E-state index in [1.807, 2.05) is 30.3 Å². The van der Waals surface area contributed by atoms with Gasteiger partial charge in [-0.1, -0.05) is 164 Å². The Labute approximate surface area is 369 Å². The Morgan fingerprint density at radius 2 is 1.03 bits per heavy atom. The van der Waals surface area contributed by atoms with Crippen molar-refractivity contribution in [1.29, 1.82) is 0 Å². The summed E-state index contributed by atoms with van der Waals surface area (Å²) >= 11 is 0. The lowest BCUT2D eigenvalue weighted by molar-refractivity contribution is 0.669. The van der Waals surface area contributed by atoms with Crippen molar-refractivity contribution in [3.63, 3.8) is 0 Å². The van der Waals surface area contributed by atoms with E-state index in [0.717, 1.165) is 105 Å². The molecule has 9 aromatic carbocycles. The summed E-state index contributed by atoms with van der Waals surface area (Å²) in [7, 11) is 0. The molecule has 0 aliphatic heterocycles. The Hall–Kier alpha value is -8.61. The smallest absolute Gasteiger partial charge is 0.236 e. The normalized spacial score (nSPS) is 12.4. The Balaban J connectivity index is 1.11. The standard InChI is InChI=1S/C58H39N5O/c1-59-58(61-57(43-30-31-48-47-26-10-13-29-53(47)64-54(48)36-43)60-37-38-16-14-21-41(34-38)39-17-4-2-5-18-39)63-52-28-12-9-25-46(52)50-33-32-49-45-24-8-11-27-51(45)62(55(49)56(50)63)44-23-15-22-42(35-44)40-19-6-3-7-20-40/h2-36H,1,37H2/b60-57-,61-58+. The van der Waals surface area contributed by atoms with Crippen LogP contribution in [0.3, 0.4) is 0 Å². The minimum absolute atomic E-state index is 0.394. The fourth-order valence-electron chi connectivity index (χ4n) is 9.38. The summed E-state index contributed by atoms with van der Waals surface area (Å²) < 4.78 is 11.0. The predicted octanol–water partition coefficient (Wildman–Crippen LogP) is 14.7. The molecule has 0 unspecified atom stereocenters. The zero-order valence-corrected chi connectivity index (χ0v) is 34.8. The van der Waals surface area contributed by atoms with Gasteiger partial charge >= 0.3 is 0 Å². The molecule has 0 radical (unpaired) electrons. The number of hydrogen-bond donors (Lipinski definition) is 0. The average Bonchev–Trinajstić information content (AvgIpc) is 4.02. The van der Waals surface area contributed by atoms with Crippen molar-refractivity contribution in [3.05, 3.63) is 223 Å². The van der Waals surface area contributed by atoms with Crippen molar-refractivity contribution in [2.75, 3.05) is 0 Å². The lowest BCUT2D eigenvalue weighted by Gasteiger charge is -2.13. The molecule has 3 heterocycles. The third-order valence-corrected chi connectivity index (χ3v) is 12.3. The summed E-state index contributed by atoms with van der Waals surface area (Å²) in [6.45, 7) is 4.58. The molecule has 0 fully saturated rings. The van der Waals surface area contributed by atoms with Crippen LogP contribution in [0, 0.1) is 0 Å². The molecule has 6 nitrogen and oxygen atoms in total. The van der Waals surface area contributed by atoms with Crippen molar-refractivity contribution in [3.8, 4) is 27.9 Å². The first-order valence-corrected chi connectivity index (χ1v) is 21.5. The highest BCUT2D eigenvalue weighted by Gasteiger charge is 2.23. The monoisotopic (exact) mass is 821 g/mol. The number of rotatable bonds is 6. The zero-order valence-electron chi connectivity index (χ0n) is 34.8. The second-order valence-corrected chi connectivity index (χ2v) is 16.1. The highest BCUT2D eigenvalue weighted by molar-refractivity contribution is 6.26. The zero-order chi connectivity index (χ0) is 42.6. The van der Waals surface area contributed by atoms with Gasteiger partial charge in [-0.15, -0.1) is 0 Å². The molecule has 0 saturated heterocycles. The van der Waals surface area contributed by atoms with Gasteiger partial charge < -0.3 is 8.98 Å². The van der Waals surface area contributed by atoms with Crippen LogP contribution in [0.1, 0.15) is 11.1 Å². The highest BCUT2D eigenvalue weighted by Crippen LogP contribution is 2.41. The van der Waals surface area contributed by atoms with Gasteiger partial charge in [0.2, 0.25) is 5.96 Å². The molecule has 3 aromatic heterocycles. The van der Waals surface area contributed by atoms with Crippen LogP contribution in [0.15, 0.2) is 232 Å². The molecule has 6 heteroatoms. The van der Waals surface area contributed by atoms with E-state index in [1.165, 1.54) is 0 Å². The van der Waals surface area contributed by atoms with Crippen LogP contribution in [-0.4, -0.2) is 27.6 Å². The van der Waals surface area contributed by atoms with Gasteiger partial charge in [0.15, 0.2) is 5.84 Å². The van der Waals surface area contributed by atoms with Crippen molar-refractivity contribution in [2.24, 2.45) is 15.0 Å². The molecule has 0 saturated carbocycles. The summed E-state index contributed by atoms with van der Waals surface area (Å²) in [6.07, 6.45) is 0. The molecule has 0 bridgehead atoms. The van der Waals surface area contributed by atoms with E-state index >= 15 is 0 Å². The van der Waals surface area contributed by atoms with Gasteiger partial charge in [0, 0.05) is 43.6 Å². The van der Waals surface area contributed by atoms with Crippen LogP contribution in [0.25, 0.3) is 93.5 Å². The number of fused-ring (bicyclic) bond motifs is 10. The highest BCUT2D eigenvalue weighted by atomic mass is 16.3. The van der Waals surface area contributed by atoms with E-state index in [1.54, 1.807) is 0 Å². The molecule has 12 rings (SSSR count). The van der Waals surface area contributed by atoms with Gasteiger partial charge in [0.25, 0.3) is 0 Å². The molecule has 0 atom stereocenters.